The van der Waals surface area contributed by atoms with Crippen molar-refractivity contribution in [3.8, 4) is 0 Å². The first kappa shape index (κ1) is 15.8. The van der Waals surface area contributed by atoms with Gasteiger partial charge in [0, 0.05) is 12.5 Å². The zero-order chi connectivity index (χ0) is 13.4. The molecule has 0 aromatic rings. The summed E-state index contributed by atoms with van der Waals surface area (Å²) >= 11 is 0. The summed E-state index contributed by atoms with van der Waals surface area (Å²) in [5.74, 6) is 0.844. The number of hydrogen-bond donors (Lipinski definition) is 1. The van der Waals surface area contributed by atoms with Crippen molar-refractivity contribution >= 4 is 0 Å². The van der Waals surface area contributed by atoms with Crippen LogP contribution in [0.5, 0.6) is 0 Å². The Kier molecular flexibility index (Phi) is 7.05. The SMILES string of the molecule is CCCC1CCCC(NCCCC(F)(F)F)CC1. The van der Waals surface area contributed by atoms with Crippen LogP contribution < -0.4 is 5.32 Å². The van der Waals surface area contributed by atoms with Gasteiger partial charge in [0.05, 0.1) is 0 Å². The summed E-state index contributed by atoms with van der Waals surface area (Å²) in [4.78, 5) is 0. The van der Waals surface area contributed by atoms with Crippen LogP contribution in [0.15, 0.2) is 0 Å². The van der Waals surface area contributed by atoms with E-state index in [9.17, 15) is 13.2 Å². The fourth-order valence-corrected chi connectivity index (χ4v) is 2.87. The van der Waals surface area contributed by atoms with Crippen LogP contribution in [-0.2, 0) is 0 Å². The van der Waals surface area contributed by atoms with Crippen molar-refractivity contribution in [3.05, 3.63) is 0 Å². The Balaban J connectivity index is 2.12. The second-order valence-corrected chi connectivity index (χ2v) is 5.53. The maximum atomic E-state index is 12.0. The smallest absolute Gasteiger partial charge is 0.314 e. The Morgan fingerprint density at radius 3 is 2.56 bits per heavy atom. The van der Waals surface area contributed by atoms with E-state index in [1.54, 1.807) is 0 Å². The molecule has 0 saturated heterocycles. The van der Waals surface area contributed by atoms with Gasteiger partial charge in [0.2, 0.25) is 0 Å². The van der Waals surface area contributed by atoms with Gasteiger partial charge in [-0.2, -0.15) is 13.2 Å². The van der Waals surface area contributed by atoms with Crippen molar-refractivity contribution in [2.24, 2.45) is 5.92 Å². The van der Waals surface area contributed by atoms with Crippen LogP contribution in [-0.4, -0.2) is 18.8 Å². The van der Waals surface area contributed by atoms with Gasteiger partial charge in [-0.25, -0.2) is 0 Å². The lowest BCUT2D eigenvalue weighted by Crippen LogP contribution is -2.30. The Labute approximate surface area is 109 Å². The van der Waals surface area contributed by atoms with E-state index in [1.165, 1.54) is 32.1 Å². The van der Waals surface area contributed by atoms with Gasteiger partial charge >= 0.3 is 6.18 Å². The predicted molar refractivity (Wildman–Crippen MR) is 68.6 cm³/mol. The standard InChI is InChI=1S/C14H26F3N/c1-2-5-12-6-3-7-13(9-8-12)18-11-4-10-14(15,16)17/h12-13,18H,2-11H2,1H3. The topological polar surface area (TPSA) is 12.0 Å². The third-order valence-corrected chi connectivity index (χ3v) is 3.86. The minimum absolute atomic E-state index is 0.207. The van der Waals surface area contributed by atoms with Crippen LogP contribution in [0.4, 0.5) is 13.2 Å². The number of alkyl halides is 3. The summed E-state index contributed by atoms with van der Waals surface area (Å²) in [6.07, 6.45) is 4.12. The van der Waals surface area contributed by atoms with Crippen LogP contribution in [0.2, 0.25) is 0 Å². The Morgan fingerprint density at radius 2 is 1.89 bits per heavy atom. The zero-order valence-corrected chi connectivity index (χ0v) is 11.4. The molecule has 0 spiro atoms. The molecule has 0 bridgehead atoms. The van der Waals surface area contributed by atoms with E-state index in [2.05, 4.69) is 12.2 Å². The molecule has 1 N–H and O–H groups in total. The molecule has 0 radical (unpaired) electrons. The highest BCUT2D eigenvalue weighted by molar-refractivity contribution is 4.75. The molecule has 1 fully saturated rings. The predicted octanol–water partition coefficient (Wildman–Crippen LogP) is 4.67. The summed E-state index contributed by atoms with van der Waals surface area (Å²) in [6, 6.07) is 0.445. The van der Waals surface area contributed by atoms with Crippen molar-refractivity contribution in [1.82, 2.24) is 5.32 Å². The molecular weight excluding hydrogens is 239 g/mol. The van der Waals surface area contributed by atoms with Gasteiger partial charge in [-0.15, -0.1) is 0 Å². The third kappa shape index (κ3) is 7.24. The van der Waals surface area contributed by atoms with Crippen LogP contribution >= 0.6 is 0 Å². The lowest BCUT2D eigenvalue weighted by atomic mass is 9.95. The Morgan fingerprint density at radius 1 is 1.11 bits per heavy atom. The monoisotopic (exact) mass is 265 g/mol. The van der Waals surface area contributed by atoms with E-state index < -0.39 is 12.6 Å². The average Bonchev–Trinajstić information content (AvgIpc) is 2.50. The van der Waals surface area contributed by atoms with E-state index >= 15 is 0 Å². The van der Waals surface area contributed by atoms with Crippen LogP contribution in [0.25, 0.3) is 0 Å². The average molecular weight is 265 g/mol. The molecule has 1 saturated carbocycles. The molecule has 2 unspecified atom stereocenters. The molecule has 4 heteroatoms. The summed E-state index contributed by atoms with van der Waals surface area (Å²) in [6.45, 7) is 2.72. The third-order valence-electron chi connectivity index (χ3n) is 3.86. The summed E-state index contributed by atoms with van der Waals surface area (Å²) in [5.41, 5.74) is 0. The summed E-state index contributed by atoms with van der Waals surface area (Å²) < 4.78 is 36.0. The first-order valence-corrected chi connectivity index (χ1v) is 7.31. The molecule has 0 heterocycles. The quantitative estimate of drug-likeness (QED) is 0.543. The summed E-state index contributed by atoms with van der Waals surface area (Å²) in [5, 5.41) is 3.30. The van der Waals surface area contributed by atoms with Crippen LogP contribution in [0.1, 0.15) is 64.7 Å². The maximum absolute atomic E-state index is 12.0. The van der Waals surface area contributed by atoms with Crippen molar-refractivity contribution in [3.63, 3.8) is 0 Å². The van der Waals surface area contributed by atoms with E-state index in [1.807, 2.05) is 0 Å². The number of hydrogen-bond acceptors (Lipinski definition) is 1. The maximum Gasteiger partial charge on any atom is 0.389 e. The van der Waals surface area contributed by atoms with Crippen molar-refractivity contribution in [2.45, 2.75) is 76.9 Å². The lowest BCUT2D eigenvalue weighted by Gasteiger charge is -2.17. The number of nitrogens with one attached hydrogen (secondary N) is 1. The van der Waals surface area contributed by atoms with E-state index in [-0.39, 0.29) is 6.42 Å². The van der Waals surface area contributed by atoms with E-state index in [0.717, 1.165) is 18.8 Å². The van der Waals surface area contributed by atoms with Gasteiger partial charge in [-0.05, 0) is 38.1 Å². The van der Waals surface area contributed by atoms with Crippen molar-refractivity contribution < 1.29 is 13.2 Å². The van der Waals surface area contributed by atoms with Gasteiger partial charge in [0.15, 0.2) is 0 Å². The van der Waals surface area contributed by atoms with Gasteiger partial charge < -0.3 is 5.32 Å². The summed E-state index contributed by atoms with van der Waals surface area (Å²) in [7, 11) is 0. The van der Waals surface area contributed by atoms with Gasteiger partial charge in [0.1, 0.15) is 0 Å². The highest BCUT2D eigenvalue weighted by Crippen LogP contribution is 2.27. The fourth-order valence-electron chi connectivity index (χ4n) is 2.87. The molecule has 1 aliphatic carbocycles. The molecule has 1 aliphatic rings. The molecule has 1 rings (SSSR count). The van der Waals surface area contributed by atoms with Gasteiger partial charge in [-0.3, -0.25) is 0 Å². The zero-order valence-electron chi connectivity index (χ0n) is 11.4. The van der Waals surface area contributed by atoms with Crippen molar-refractivity contribution in [1.29, 1.82) is 0 Å². The van der Waals surface area contributed by atoms with Gasteiger partial charge in [0.25, 0.3) is 0 Å². The first-order chi connectivity index (χ1) is 8.51. The second-order valence-electron chi connectivity index (χ2n) is 5.53. The highest BCUT2D eigenvalue weighted by atomic mass is 19.4. The molecule has 0 aromatic carbocycles. The highest BCUT2D eigenvalue weighted by Gasteiger charge is 2.26. The molecule has 0 amide bonds. The molecule has 0 aromatic heterocycles. The van der Waals surface area contributed by atoms with Gasteiger partial charge in [-0.1, -0.05) is 32.6 Å². The van der Waals surface area contributed by atoms with Crippen LogP contribution in [0, 0.1) is 5.92 Å². The lowest BCUT2D eigenvalue weighted by molar-refractivity contribution is -0.135. The number of rotatable bonds is 6. The fraction of sp³-hybridized carbons (Fsp3) is 1.00. The molecular formula is C14H26F3N. The molecule has 18 heavy (non-hydrogen) atoms. The number of halogens is 3. The molecule has 2 atom stereocenters. The Bertz CT molecular complexity index is 216. The normalized spacial score (nSPS) is 26.0. The minimum Gasteiger partial charge on any atom is -0.314 e. The molecule has 108 valence electrons. The molecule has 1 nitrogen and oxygen atoms in total. The van der Waals surface area contributed by atoms with E-state index in [0.29, 0.717) is 12.6 Å². The first-order valence-electron chi connectivity index (χ1n) is 7.31. The van der Waals surface area contributed by atoms with Crippen molar-refractivity contribution in [2.75, 3.05) is 6.54 Å². The van der Waals surface area contributed by atoms with E-state index in [4.69, 9.17) is 0 Å². The largest absolute Gasteiger partial charge is 0.389 e. The second kappa shape index (κ2) is 8.03. The minimum atomic E-state index is -4.00. The Hall–Kier alpha value is -0.250. The molecule has 0 aliphatic heterocycles. The van der Waals surface area contributed by atoms with Crippen LogP contribution in [0.3, 0.4) is 0 Å².